The number of fused-ring (bicyclic) bond motifs is 1. The van der Waals surface area contributed by atoms with Crippen LogP contribution in [-0.4, -0.2) is 24.9 Å². The van der Waals surface area contributed by atoms with Crippen LogP contribution < -0.4 is 15.2 Å². The predicted octanol–water partition coefficient (Wildman–Crippen LogP) is 1.50. The van der Waals surface area contributed by atoms with Gasteiger partial charge in [0.15, 0.2) is 18.2 Å². The van der Waals surface area contributed by atoms with E-state index in [4.69, 9.17) is 10.6 Å². The third-order valence-corrected chi connectivity index (χ3v) is 2.04. The zero-order chi connectivity index (χ0) is 11.9. The number of benzene rings is 1. The van der Waals surface area contributed by atoms with Gasteiger partial charge in [0.05, 0.1) is 6.07 Å². The van der Waals surface area contributed by atoms with Gasteiger partial charge in [-0.25, -0.2) is 0 Å². The molecule has 1 aliphatic rings. The van der Waals surface area contributed by atoms with Crippen molar-refractivity contribution in [3.8, 4) is 11.5 Å². The van der Waals surface area contributed by atoms with Crippen LogP contribution in [0.2, 0.25) is 0 Å². The van der Waals surface area contributed by atoms with Crippen molar-refractivity contribution in [2.24, 2.45) is 0 Å². The molecule has 2 N–H and O–H groups in total. The molecule has 0 amide bonds. The van der Waals surface area contributed by atoms with Crippen molar-refractivity contribution in [1.29, 1.82) is 0 Å². The standard InChI is InChI=1S/C9H9F2N2O3/c1-13(14-2)6-4-8-7(3-5(6)12)15-9(10,11)16-8/h3-4H,1,12H2,2H3/q+1. The summed E-state index contributed by atoms with van der Waals surface area (Å²) in [6, 6.07) is 2.49. The smallest absolute Gasteiger partial charge is 0.395 e. The number of hydrogen-bond donors (Lipinski definition) is 1. The first-order valence-electron chi connectivity index (χ1n) is 4.27. The van der Waals surface area contributed by atoms with Crippen molar-refractivity contribution >= 4 is 18.1 Å². The van der Waals surface area contributed by atoms with Gasteiger partial charge in [-0.15, -0.1) is 8.78 Å². The SMILES string of the molecule is C=[N+](OC)c1cc2c(cc1N)OC(F)(F)O2. The summed E-state index contributed by atoms with van der Waals surface area (Å²) in [6.07, 6.45) is -3.66. The molecule has 16 heavy (non-hydrogen) atoms. The molecule has 5 nitrogen and oxygen atoms in total. The van der Waals surface area contributed by atoms with E-state index in [1.54, 1.807) is 0 Å². The molecular formula is C9H9F2N2O3+. The Hall–Kier alpha value is -2.05. The lowest BCUT2D eigenvalue weighted by Gasteiger charge is -2.04. The fourth-order valence-electron chi connectivity index (χ4n) is 1.32. The number of nitrogens with zero attached hydrogens (tertiary/aromatic N) is 1. The van der Waals surface area contributed by atoms with Crippen LogP contribution in [0.15, 0.2) is 12.1 Å². The molecule has 0 saturated heterocycles. The highest BCUT2D eigenvalue weighted by Gasteiger charge is 2.44. The fraction of sp³-hybridized carbons (Fsp3) is 0.222. The van der Waals surface area contributed by atoms with Crippen LogP contribution in [-0.2, 0) is 4.84 Å². The van der Waals surface area contributed by atoms with Gasteiger partial charge in [-0.3, -0.25) is 4.84 Å². The Morgan fingerprint density at radius 3 is 2.50 bits per heavy atom. The van der Waals surface area contributed by atoms with Crippen molar-refractivity contribution in [2.45, 2.75) is 6.29 Å². The average Bonchev–Trinajstić information content (AvgIpc) is 2.48. The highest BCUT2D eigenvalue weighted by atomic mass is 19.3. The molecule has 0 aliphatic carbocycles. The van der Waals surface area contributed by atoms with Crippen molar-refractivity contribution in [2.75, 3.05) is 12.8 Å². The first-order chi connectivity index (χ1) is 7.43. The maximum Gasteiger partial charge on any atom is 0.586 e. The van der Waals surface area contributed by atoms with E-state index >= 15 is 0 Å². The van der Waals surface area contributed by atoms with Gasteiger partial charge in [-0.1, -0.05) is 0 Å². The summed E-state index contributed by atoms with van der Waals surface area (Å²) < 4.78 is 35.0. The molecule has 1 heterocycles. The van der Waals surface area contributed by atoms with E-state index in [0.29, 0.717) is 5.69 Å². The quantitative estimate of drug-likeness (QED) is 0.362. The minimum absolute atomic E-state index is 0.111. The number of rotatable bonds is 2. The van der Waals surface area contributed by atoms with Gasteiger partial charge in [0, 0.05) is 10.8 Å². The number of nitrogen functional groups attached to an aromatic ring is 1. The summed E-state index contributed by atoms with van der Waals surface area (Å²) in [6.45, 7) is 3.50. The molecule has 0 radical (unpaired) electrons. The molecule has 1 aliphatic heterocycles. The normalized spacial score (nSPS) is 15.9. The van der Waals surface area contributed by atoms with Gasteiger partial charge in [-0.2, -0.15) is 0 Å². The molecule has 0 saturated carbocycles. The highest BCUT2D eigenvalue weighted by Crippen LogP contribution is 2.45. The minimum atomic E-state index is -3.66. The number of hydrogen-bond acceptors (Lipinski definition) is 4. The molecule has 1 aromatic rings. The van der Waals surface area contributed by atoms with E-state index in [-0.39, 0.29) is 17.2 Å². The number of anilines is 1. The van der Waals surface area contributed by atoms with Gasteiger partial charge < -0.3 is 15.2 Å². The van der Waals surface area contributed by atoms with E-state index in [0.717, 1.165) is 4.74 Å². The lowest BCUT2D eigenvalue weighted by molar-refractivity contribution is -0.713. The summed E-state index contributed by atoms with van der Waals surface area (Å²) in [4.78, 5) is 4.79. The lowest BCUT2D eigenvalue weighted by Crippen LogP contribution is -2.25. The maximum atomic E-state index is 12.7. The number of alkyl halides is 2. The lowest BCUT2D eigenvalue weighted by atomic mass is 10.2. The van der Waals surface area contributed by atoms with E-state index in [1.807, 2.05) is 0 Å². The van der Waals surface area contributed by atoms with Crippen molar-refractivity contribution in [3.63, 3.8) is 0 Å². The number of ether oxygens (including phenoxy) is 2. The van der Waals surface area contributed by atoms with Crippen molar-refractivity contribution in [3.05, 3.63) is 12.1 Å². The Morgan fingerprint density at radius 1 is 1.38 bits per heavy atom. The molecule has 0 bridgehead atoms. The average molecular weight is 231 g/mol. The van der Waals surface area contributed by atoms with Crippen LogP contribution in [0, 0.1) is 0 Å². The second kappa shape index (κ2) is 3.22. The van der Waals surface area contributed by atoms with Gasteiger partial charge in [0.2, 0.25) is 0 Å². The maximum absolute atomic E-state index is 12.7. The van der Waals surface area contributed by atoms with Gasteiger partial charge in [0.1, 0.15) is 12.8 Å². The fourth-order valence-corrected chi connectivity index (χ4v) is 1.32. The Labute approximate surface area is 89.6 Å². The Kier molecular flexibility index (Phi) is 2.11. The molecular weight excluding hydrogens is 222 g/mol. The van der Waals surface area contributed by atoms with Crippen LogP contribution in [0.1, 0.15) is 0 Å². The zero-order valence-electron chi connectivity index (χ0n) is 8.37. The topological polar surface area (TPSA) is 56.7 Å². The third kappa shape index (κ3) is 1.60. The minimum Gasteiger partial charge on any atom is -0.395 e. The molecule has 0 unspecified atom stereocenters. The molecule has 2 rings (SSSR count). The molecule has 0 aromatic heterocycles. The van der Waals surface area contributed by atoms with Crippen LogP contribution in [0.4, 0.5) is 20.2 Å². The molecule has 86 valence electrons. The van der Waals surface area contributed by atoms with E-state index in [2.05, 4.69) is 16.2 Å². The predicted molar refractivity (Wildman–Crippen MR) is 51.1 cm³/mol. The second-order valence-corrected chi connectivity index (χ2v) is 3.09. The van der Waals surface area contributed by atoms with Gasteiger partial charge >= 0.3 is 6.29 Å². The molecule has 1 aromatic carbocycles. The van der Waals surface area contributed by atoms with E-state index < -0.39 is 6.29 Å². The van der Waals surface area contributed by atoms with Crippen LogP contribution in [0.3, 0.4) is 0 Å². The summed E-state index contributed by atoms with van der Waals surface area (Å²) >= 11 is 0. The second-order valence-electron chi connectivity index (χ2n) is 3.09. The summed E-state index contributed by atoms with van der Waals surface area (Å²) in [5.74, 6) is -0.226. The van der Waals surface area contributed by atoms with E-state index in [1.165, 1.54) is 19.2 Å². The molecule has 7 heteroatoms. The summed E-state index contributed by atoms with van der Waals surface area (Å²) in [5.41, 5.74) is 6.12. The summed E-state index contributed by atoms with van der Waals surface area (Å²) in [7, 11) is 1.37. The summed E-state index contributed by atoms with van der Waals surface area (Å²) in [5, 5.41) is 0. The van der Waals surface area contributed by atoms with Gasteiger partial charge in [-0.05, 0) is 0 Å². The highest BCUT2D eigenvalue weighted by molar-refractivity contribution is 5.67. The largest absolute Gasteiger partial charge is 0.586 e. The van der Waals surface area contributed by atoms with Crippen molar-refractivity contribution in [1.82, 2.24) is 0 Å². The van der Waals surface area contributed by atoms with Crippen molar-refractivity contribution < 1.29 is 27.8 Å². The Bertz CT molecular complexity index is 462. The zero-order valence-corrected chi connectivity index (χ0v) is 8.37. The molecule has 0 fully saturated rings. The van der Waals surface area contributed by atoms with E-state index in [9.17, 15) is 8.78 Å². The number of nitrogens with two attached hydrogens (primary N) is 1. The first kappa shape index (κ1) is 10.5. The third-order valence-electron chi connectivity index (χ3n) is 2.04. The van der Waals surface area contributed by atoms with Crippen LogP contribution in [0.5, 0.6) is 11.5 Å². The first-order valence-corrected chi connectivity index (χ1v) is 4.27. The Morgan fingerprint density at radius 2 is 1.94 bits per heavy atom. The molecule has 0 atom stereocenters. The van der Waals surface area contributed by atoms with Crippen LogP contribution in [0.25, 0.3) is 0 Å². The van der Waals surface area contributed by atoms with Gasteiger partial charge in [0.25, 0.3) is 5.69 Å². The number of halogens is 2. The monoisotopic (exact) mass is 231 g/mol. The molecule has 0 spiro atoms. The Balaban J connectivity index is 2.45. The van der Waals surface area contributed by atoms with Crippen LogP contribution >= 0.6 is 0 Å².